The van der Waals surface area contributed by atoms with Gasteiger partial charge in [0.15, 0.2) is 0 Å². The van der Waals surface area contributed by atoms with E-state index in [-0.39, 0.29) is 0 Å². The van der Waals surface area contributed by atoms with Gasteiger partial charge in [0.05, 0.1) is 5.69 Å². The quantitative estimate of drug-likeness (QED) is 0.742. The van der Waals surface area contributed by atoms with E-state index >= 15 is 0 Å². The number of hydrogen-bond donors (Lipinski definition) is 2. The average molecular weight is 347 g/mol. The molecule has 0 saturated heterocycles. The summed E-state index contributed by atoms with van der Waals surface area (Å²) in [5.74, 6) is 0. The van der Waals surface area contributed by atoms with Crippen molar-refractivity contribution in [3.8, 4) is 0 Å². The summed E-state index contributed by atoms with van der Waals surface area (Å²) >= 11 is 3.53. The van der Waals surface area contributed by atoms with Crippen LogP contribution in [0.4, 0.5) is 0 Å². The van der Waals surface area contributed by atoms with Gasteiger partial charge >= 0.3 is 0 Å². The van der Waals surface area contributed by atoms with Gasteiger partial charge < -0.3 is 9.88 Å². The Balaban J connectivity index is 1.69. The van der Waals surface area contributed by atoms with Crippen LogP contribution in [0.25, 0.3) is 10.9 Å². The van der Waals surface area contributed by atoms with E-state index in [1.54, 1.807) is 0 Å². The Labute approximate surface area is 132 Å². The zero-order valence-electron chi connectivity index (χ0n) is 12.3. The maximum absolute atomic E-state index is 4.25. The molecule has 0 saturated carbocycles. The zero-order valence-corrected chi connectivity index (χ0v) is 13.9. The van der Waals surface area contributed by atoms with Crippen LogP contribution < -0.4 is 5.32 Å². The summed E-state index contributed by atoms with van der Waals surface area (Å²) in [7, 11) is 2.11. The lowest BCUT2D eigenvalue weighted by Crippen LogP contribution is -2.15. The molecule has 0 radical (unpaired) electrons. The first kappa shape index (κ1) is 14.4. The number of aryl methyl sites for hydroxylation is 2. The molecule has 2 N–H and O–H groups in total. The van der Waals surface area contributed by atoms with Crippen LogP contribution in [0.2, 0.25) is 0 Å². The minimum absolute atomic E-state index is 0.804. The molecule has 2 heterocycles. The van der Waals surface area contributed by atoms with Crippen LogP contribution in [0.15, 0.2) is 34.8 Å². The molecule has 0 spiro atoms. The van der Waals surface area contributed by atoms with E-state index in [0.717, 1.165) is 35.4 Å². The lowest BCUT2D eigenvalue weighted by molar-refractivity contribution is 0.648. The summed E-state index contributed by atoms with van der Waals surface area (Å²) in [5.41, 5.74) is 4.77. The van der Waals surface area contributed by atoms with Gasteiger partial charge in [0.25, 0.3) is 0 Å². The van der Waals surface area contributed by atoms with E-state index in [1.165, 1.54) is 16.6 Å². The molecule has 3 rings (SSSR count). The monoisotopic (exact) mass is 346 g/mol. The Hall–Kier alpha value is -1.59. The molecule has 2 aromatic heterocycles. The molecule has 4 nitrogen and oxygen atoms in total. The van der Waals surface area contributed by atoms with Crippen molar-refractivity contribution < 1.29 is 0 Å². The predicted octanol–water partition coefficient (Wildman–Crippen LogP) is 3.52. The smallest absolute Gasteiger partial charge is 0.0622 e. The van der Waals surface area contributed by atoms with Crippen molar-refractivity contribution in [3.63, 3.8) is 0 Å². The lowest BCUT2D eigenvalue weighted by Gasteiger charge is -2.05. The second-order valence-electron chi connectivity index (χ2n) is 5.24. The van der Waals surface area contributed by atoms with Crippen LogP contribution >= 0.6 is 15.9 Å². The molecule has 0 bridgehead atoms. The first-order chi connectivity index (χ1) is 10.2. The van der Waals surface area contributed by atoms with Crippen LogP contribution in [0.3, 0.4) is 0 Å². The molecule has 0 amide bonds. The number of nitrogens with zero attached hydrogens (tertiary/aromatic N) is 2. The normalized spacial score (nSPS) is 11.4. The molecule has 0 aliphatic rings. The van der Waals surface area contributed by atoms with E-state index in [4.69, 9.17) is 0 Å². The van der Waals surface area contributed by atoms with Crippen LogP contribution in [-0.4, -0.2) is 14.8 Å². The predicted molar refractivity (Wildman–Crippen MR) is 89.1 cm³/mol. The van der Waals surface area contributed by atoms with Crippen LogP contribution in [-0.2, 0) is 26.6 Å². The molecule has 21 heavy (non-hydrogen) atoms. The third kappa shape index (κ3) is 3.04. The number of rotatable bonds is 5. The summed E-state index contributed by atoms with van der Waals surface area (Å²) in [6.07, 6.45) is 0.967. The number of H-pyrrole nitrogens is 1. The molecular formula is C16H19BrN4. The highest BCUT2D eigenvalue weighted by atomic mass is 79.9. The van der Waals surface area contributed by atoms with Gasteiger partial charge in [-0.1, -0.05) is 28.9 Å². The highest BCUT2D eigenvalue weighted by molar-refractivity contribution is 9.10. The van der Waals surface area contributed by atoms with Crippen molar-refractivity contribution in [1.29, 1.82) is 0 Å². The standard InChI is InChI=1S/C16H19BrN4/c1-3-13-8-14(20-19-13)9-18-10-15-6-11-4-5-12(17)7-16(11)21(15)2/h4-8,18H,3,9-10H2,1-2H3,(H,19,20). The summed E-state index contributed by atoms with van der Waals surface area (Å²) in [4.78, 5) is 0. The van der Waals surface area contributed by atoms with E-state index in [2.05, 4.69) is 80.3 Å². The average Bonchev–Trinajstić information content (AvgIpc) is 3.05. The topological polar surface area (TPSA) is 45.6 Å². The van der Waals surface area contributed by atoms with E-state index < -0.39 is 0 Å². The molecule has 5 heteroatoms. The fourth-order valence-corrected chi connectivity index (χ4v) is 2.89. The number of halogens is 1. The minimum Gasteiger partial charge on any atom is -0.346 e. The summed E-state index contributed by atoms with van der Waals surface area (Å²) in [6.45, 7) is 3.75. The second-order valence-corrected chi connectivity index (χ2v) is 6.16. The van der Waals surface area contributed by atoms with E-state index in [0.29, 0.717) is 0 Å². The second kappa shape index (κ2) is 6.03. The van der Waals surface area contributed by atoms with Gasteiger partial charge in [-0.2, -0.15) is 5.10 Å². The maximum Gasteiger partial charge on any atom is 0.0622 e. The number of aromatic amines is 1. The van der Waals surface area contributed by atoms with Gasteiger partial charge in [0.1, 0.15) is 0 Å². The van der Waals surface area contributed by atoms with Gasteiger partial charge in [0, 0.05) is 41.5 Å². The summed E-state index contributed by atoms with van der Waals surface area (Å²) < 4.78 is 3.35. The zero-order chi connectivity index (χ0) is 14.8. The van der Waals surface area contributed by atoms with Crippen molar-refractivity contribution in [2.75, 3.05) is 0 Å². The first-order valence-electron chi connectivity index (χ1n) is 7.15. The van der Waals surface area contributed by atoms with Gasteiger partial charge in [-0.15, -0.1) is 0 Å². The largest absolute Gasteiger partial charge is 0.346 e. The molecular weight excluding hydrogens is 328 g/mol. The Morgan fingerprint density at radius 1 is 1.24 bits per heavy atom. The van der Waals surface area contributed by atoms with Crippen LogP contribution in [0, 0.1) is 0 Å². The van der Waals surface area contributed by atoms with E-state index in [9.17, 15) is 0 Å². The van der Waals surface area contributed by atoms with Gasteiger partial charge in [-0.3, -0.25) is 5.10 Å². The van der Waals surface area contributed by atoms with Crippen molar-refractivity contribution in [1.82, 2.24) is 20.1 Å². The third-order valence-corrected chi connectivity index (χ3v) is 4.27. The number of hydrogen-bond acceptors (Lipinski definition) is 2. The maximum atomic E-state index is 4.25. The van der Waals surface area contributed by atoms with Crippen molar-refractivity contribution >= 4 is 26.8 Å². The fourth-order valence-electron chi connectivity index (χ4n) is 2.54. The molecule has 0 aliphatic heterocycles. The Bertz CT molecular complexity index is 757. The molecule has 110 valence electrons. The van der Waals surface area contributed by atoms with Crippen molar-refractivity contribution in [2.45, 2.75) is 26.4 Å². The Kier molecular flexibility index (Phi) is 4.12. The molecule has 0 fully saturated rings. The fraction of sp³-hybridized carbons (Fsp3) is 0.312. The number of benzene rings is 1. The van der Waals surface area contributed by atoms with Gasteiger partial charge in [-0.05, 0) is 36.1 Å². The SMILES string of the molecule is CCc1cc(CNCc2cc3ccc(Br)cc3n2C)[nH]n1. The summed E-state index contributed by atoms with van der Waals surface area (Å²) in [5, 5.41) is 12.1. The lowest BCUT2D eigenvalue weighted by atomic mass is 10.2. The Morgan fingerprint density at radius 3 is 2.86 bits per heavy atom. The van der Waals surface area contributed by atoms with Gasteiger partial charge in [0.2, 0.25) is 0 Å². The number of fused-ring (bicyclic) bond motifs is 1. The third-order valence-electron chi connectivity index (χ3n) is 3.77. The Morgan fingerprint density at radius 2 is 2.10 bits per heavy atom. The van der Waals surface area contributed by atoms with E-state index in [1.807, 2.05) is 0 Å². The van der Waals surface area contributed by atoms with Crippen molar-refractivity contribution in [2.24, 2.45) is 7.05 Å². The number of aromatic nitrogens is 3. The highest BCUT2D eigenvalue weighted by Gasteiger charge is 2.06. The molecule has 0 aliphatic carbocycles. The molecule has 0 atom stereocenters. The van der Waals surface area contributed by atoms with Crippen LogP contribution in [0.1, 0.15) is 24.0 Å². The van der Waals surface area contributed by atoms with Crippen molar-refractivity contribution in [3.05, 3.63) is 51.9 Å². The summed E-state index contributed by atoms with van der Waals surface area (Å²) in [6, 6.07) is 10.7. The molecule has 0 unspecified atom stereocenters. The first-order valence-corrected chi connectivity index (χ1v) is 7.94. The van der Waals surface area contributed by atoms with Crippen LogP contribution in [0.5, 0.6) is 0 Å². The highest BCUT2D eigenvalue weighted by Crippen LogP contribution is 2.22. The molecule has 1 aromatic carbocycles. The molecule has 3 aromatic rings. The number of nitrogens with one attached hydrogen (secondary N) is 2. The minimum atomic E-state index is 0.804. The van der Waals surface area contributed by atoms with Gasteiger partial charge in [-0.25, -0.2) is 0 Å².